The number of benzene rings is 3. The number of carbonyl (C=O) groups is 1. The van der Waals surface area contributed by atoms with Crippen molar-refractivity contribution in [2.45, 2.75) is 24.8 Å². The highest BCUT2D eigenvalue weighted by molar-refractivity contribution is 7.92. The number of sulfonamides is 1. The quantitative estimate of drug-likeness (QED) is 0.570. The Morgan fingerprint density at radius 1 is 1.06 bits per heavy atom. The number of para-hydroxylation sites is 2. The maximum absolute atomic E-state index is 13.3. The summed E-state index contributed by atoms with van der Waals surface area (Å²) in [5.74, 6) is -0.367. The third kappa shape index (κ3) is 4.75. The van der Waals surface area contributed by atoms with E-state index in [4.69, 9.17) is 4.74 Å². The summed E-state index contributed by atoms with van der Waals surface area (Å²) in [6.45, 7) is 3.51. The highest BCUT2D eigenvalue weighted by Crippen LogP contribution is 2.31. The first-order valence-electron chi connectivity index (χ1n) is 9.94. The molecule has 0 fully saturated rings. The van der Waals surface area contributed by atoms with E-state index in [9.17, 15) is 17.6 Å². The Kier molecular flexibility index (Phi) is 6.84. The molecule has 0 radical (unpaired) electrons. The third-order valence-electron chi connectivity index (χ3n) is 5.25. The zero-order valence-corrected chi connectivity index (χ0v) is 19.1. The molecule has 0 bridgehead atoms. The second-order valence-electron chi connectivity index (χ2n) is 7.37. The molecule has 3 aromatic rings. The summed E-state index contributed by atoms with van der Waals surface area (Å²) in [7, 11) is -1.05. The fraction of sp³-hybridized carbons (Fsp3) is 0.208. The summed E-state index contributed by atoms with van der Waals surface area (Å²) >= 11 is 0. The van der Waals surface area contributed by atoms with Crippen LogP contribution in [0, 0.1) is 12.7 Å². The summed E-state index contributed by atoms with van der Waals surface area (Å²) in [5.41, 5.74) is 1.99. The lowest BCUT2D eigenvalue weighted by atomic mass is 10.1. The van der Waals surface area contributed by atoms with E-state index in [0.717, 1.165) is 9.87 Å². The van der Waals surface area contributed by atoms with Gasteiger partial charge in [-0.15, -0.1) is 0 Å². The van der Waals surface area contributed by atoms with Crippen LogP contribution in [0.3, 0.4) is 0 Å². The fourth-order valence-corrected chi connectivity index (χ4v) is 4.53. The van der Waals surface area contributed by atoms with Crippen LogP contribution >= 0.6 is 0 Å². The number of halogens is 1. The van der Waals surface area contributed by atoms with Crippen molar-refractivity contribution >= 4 is 21.6 Å². The zero-order valence-electron chi connectivity index (χ0n) is 18.3. The van der Waals surface area contributed by atoms with Gasteiger partial charge in [0.25, 0.3) is 15.9 Å². The van der Waals surface area contributed by atoms with E-state index in [1.54, 1.807) is 56.3 Å². The van der Waals surface area contributed by atoms with E-state index in [2.05, 4.69) is 5.32 Å². The number of methoxy groups -OCH3 is 1. The number of aryl methyl sites for hydroxylation is 1. The number of carbonyl (C=O) groups excluding carboxylic acids is 1. The van der Waals surface area contributed by atoms with Crippen LogP contribution in [0.25, 0.3) is 0 Å². The molecule has 1 amide bonds. The van der Waals surface area contributed by atoms with Gasteiger partial charge in [0.1, 0.15) is 11.6 Å². The van der Waals surface area contributed by atoms with Gasteiger partial charge in [-0.05, 0) is 61.4 Å². The molecule has 3 aromatic carbocycles. The fourth-order valence-electron chi connectivity index (χ4n) is 3.29. The minimum Gasteiger partial charge on any atom is -0.495 e. The normalized spacial score (nSPS) is 12.2. The molecule has 3 rings (SSSR count). The van der Waals surface area contributed by atoms with Crippen LogP contribution in [-0.2, 0) is 10.0 Å². The molecule has 32 heavy (non-hydrogen) atoms. The molecule has 1 N–H and O–H groups in total. The summed E-state index contributed by atoms with van der Waals surface area (Å²) in [6.07, 6.45) is 0. The first-order valence-corrected chi connectivity index (χ1v) is 11.4. The van der Waals surface area contributed by atoms with Crippen molar-refractivity contribution in [1.29, 1.82) is 0 Å². The van der Waals surface area contributed by atoms with E-state index in [1.165, 1.54) is 38.4 Å². The van der Waals surface area contributed by atoms with Gasteiger partial charge in [-0.3, -0.25) is 9.10 Å². The molecule has 0 heterocycles. The Labute approximate surface area is 187 Å². The van der Waals surface area contributed by atoms with Crippen molar-refractivity contribution in [3.8, 4) is 5.75 Å². The van der Waals surface area contributed by atoms with Crippen LogP contribution in [0.4, 0.5) is 10.1 Å². The van der Waals surface area contributed by atoms with Crippen molar-refractivity contribution in [3.63, 3.8) is 0 Å². The predicted molar refractivity (Wildman–Crippen MR) is 122 cm³/mol. The Morgan fingerprint density at radius 3 is 2.38 bits per heavy atom. The number of anilines is 1. The van der Waals surface area contributed by atoms with Gasteiger partial charge < -0.3 is 10.1 Å². The molecule has 1 unspecified atom stereocenters. The van der Waals surface area contributed by atoms with Crippen LogP contribution in [0.1, 0.15) is 34.5 Å². The lowest BCUT2D eigenvalue weighted by Crippen LogP contribution is -2.29. The molecular formula is C24H25FN2O4S. The van der Waals surface area contributed by atoms with Crippen molar-refractivity contribution in [1.82, 2.24) is 5.32 Å². The van der Waals surface area contributed by atoms with E-state index in [1.807, 2.05) is 0 Å². The van der Waals surface area contributed by atoms with Gasteiger partial charge in [0.15, 0.2) is 0 Å². The summed E-state index contributed by atoms with van der Waals surface area (Å²) in [5, 5.41) is 2.84. The van der Waals surface area contributed by atoms with Crippen LogP contribution < -0.4 is 14.4 Å². The average molecular weight is 457 g/mol. The molecule has 0 aliphatic heterocycles. The number of hydrogen-bond donors (Lipinski definition) is 1. The molecule has 0 aromatic heterocycles. The Morgan fingerprint density at radius 2 is 1.72 bits per heavy atom. The number of nitrogens with zero attached hydrogens (tertiary/aromatic N) is 1. The highest BCUT2D eigenvalue weighted by Gasteiger charge is 2.25. The second kappa shape index (κ2) is 9.40. The van der Waals surface area contributed by atoms with Crippen molar-refractivity contribution in [2.24, 2.45) is 0 Å². The number of rotatable bonds is 7. The maximum atomic E-state index is 13.3. The van der Waals surface area contributed by atoms with Gasteiger partial charge in [-0.25, -0.2) is 12.8 Å². The number of amides is 1. The summed E-state index contributed by atoms with van der Waals surface area (Å²) in [6, 6.07) is 16.7. The molecule has 168 valence electrons. The van der Waals surface area contributed by atoms with Crippen molar-refractivity contribution < 1.29 is 22.3 Å². The first-order chi connectivity index (χ1) is 15.1. The van der Waals surface area contributed by atoms with Gasteiger partial charge in [0.05, 0.1) is 23.7 Å². The van der Waals surface area contributed by atoms with Crippen LogP contribution in [0.2, 0.25) is 0 Å². The van der Waals surface area contributed by atoms with E-state index in [0.29, 0.717) is 17.0 Å². The number of nitrogens with one attached hydrogen (secondary N) is 1. The van der Waals surface area contributed by atoms with Crippen LogP contribution in [0.5, 0.6) is 5.75 Å². The summed E-state index contributed by atoms with van der Waals surface area (Å²) in [4.78, 5) is 12.9. The Bertz CT molecular complexity index is 1230. The highest BCUT2D eigenvalue weighted by atomic mass is 32.2. The minimum atomic E-state index is -3.95. The van der Waals surface area contributed by atoms with Gasteiger partial charge in [0, 0.05) is 12.6 Å². The second-order valence-corrected chi connectivity index (χ2v) is 9.34. The van der Waals surface area contributed by atoms with Gasteiger partial charge in [-0.1, -0.05) is 30.3 Å². The SMILES string of the molecule is COc1ccccc1N(C)S(=O)(=O)c1ccc(C)c(C(=O)NC(C)c2ccc(F)cc2)c1. The lowest BCUT2D eigenvalue weighted by molar-refractivity contribution is 0.0939. The Balaban J connectivity index is 1.90. The molecule has 6 nitrogen and oxygen atoms in total. The lowest BCUT2D eigenvalue weighted by Gasteiger charge is -2.22. The molecular weight excluding hydrogens is 431 g/mol. The summed E-state index contributed by atoms with van der Waals surface area (Å²) < 4.78 is 46.1. The van der Waals surface area contributed by atoms with E-state index in [-0.39, 0.29) is 22.3 Å². The molecule has 0 saturated carbocycles. The molecule has 1 atom stereocenters. The molecule has 8 heteroatoms. The van der Waals surface area contributed by atoms with E-state index >= 15 is 0 Å². The minimum absolute atomic E-state index is 0.0175. The number of hydrogen-bond acceptors (Lipinski definition) is 4. The van der Waals surface area contributed by atoms with E-state index < -0.39 is 15.9 Å². The van der Waals surface area contributed by atoms with Gasteiger partial charge in [-0.2, -0.15) is 0 Å². The number of ether oxygens (including phenoxy) is 1. The average Bonchev–Trinajstić information content (AvgIpc) is 2.78. The zero-order chi connectivity index (χ0) is 23.5. The first kappa shape index (κ1) is 23.3. The van der Waals surface area contributed by atoms with Crippen LogP contribution in [0.15, 0.2) is 71.6 Å². The third-order valence-corrected chi connectivity index (χ3v) is 7.02. The maximum Gasteiger partial charge on any atom is 0.264 e. The van der Waals surface area contributed by atoms with Gasteiger partial charge in [0.2, 0.25) is 0 Å². The van der Waals surface area contributed by atoms with Crippen molar-refractivity contribution in [3.05, 3.63) is 89.2 Å². The van der Waals surface area contributed by atoms with Crippen molar-refractivity contribution in [2.75, 3.05) is 18.5 Å². The largest absolute Gasteiger partial charge is 0.495 e. The standard InChI is InChI=1S/C24H25FN2O4S/c1-16-9-14-20(32(29,30)27(3)22-7-5-6-8-23(22)31-4)15-21(16)24(28)26-17(2)18-10-12-19(25)13-11-18/h5-15,17H,1-4H3,(H,26,28). The predicted octanol–water partition coefficient (Wildman–Crippen LogP) is 4.46. The smallest absolute Gasteiger partial charge is 0.264 e. The molecule has 0 saturated heterocycles. The van der Waals surface area contributed by atoms with Gasteiger partial charge >= 0.3 is 0 Å². The topological polar surface area (TPSA) is 75.7 Å². The monoisotopic (exact) mass is 456 g/mol. The molecule has 0 aliphatic rings. The Hall–Kier alpha value is -3.39. The molecule has 0 aliphatic carbocycles. The van der Waals surface area contributed by atoms with Crippen LogP contribution in [-0.4, -0.2) is 28.5 Å². The molecule has 0 spiro atoms.